The van der Waals surface area contributed by atoms with Crippen LogP contribution < -0.4 is 5.32 Å². The van der Waals surface area contributed by atoms with Crippen molar-refractivity contribution in [3.8, 4) is 0 Å². The minimum Gasteiger partial charge on any atom is -0.445 e. The number of nitrogens with one attached hydrogen (secondary N) is 1. The van der Waals surface area contributed by atoms with Crippen LogP contribution in [0.15, 0.2) is 65.0 Å². The highest BCUT2D eigenvalue weighted by molar-refractivity contribution is 7.80. The number of hydrogen-bond donors (Lipinski definition) is 2. The molecular weight excluding hydrogens is 397 g/mol. The van der Waals surface area contributed by atoms with Gasteiger partial charge in [-0.1, -0.05) is 48.5 Å². The first-order valence-corrected chi connectivity index (χ1v) is 10.4. The molecule has 0 spiro atoms. The first-order chi connectivity index (χ1) is 14.2. The predicted molar refractivity (Wildman–Crippen MR) is 122 cm³/mol. The zero-order chi connectivity index (χ0) is 21.8. The first kappa shape index (κ1) is 22.5. The van der Waals surface area contributed by atoms with Gasteiger partial charge in [0.2, 0.25) is 0 Å². The topological polar surface area (TPSA) is 56.8 Å². The van der Waals surface area contributed by atoms with Crippen molar-refractivity contribution in [2.24, 2.45) is 0 Å². The zero-order valence-corrected chi connectivity index (χ0v) is 18.7. The van der Waals surface area contributed by atoms with Crippen LogP contribution in [-0.4, -0.2) is 31.0 Å². The molecule has 0 unspecified atom stereocenters. The lowest BCUT2D eigenvalue weighted by atomic mass is 9.77. The lowest BCUT2D eigenvalue weighted by Gasteiger charge is -2.32. The third kappa shape index (κ3) is 5.68. The predicted octanol–water partition coefficient (Wildman–Crippen LogP) is 4.92. The molecule has 1 aliphatic heterocycles. The van der Waals surface area contributed by atoms with Crippen LogP contribution >= 0.6 is 12.6 Å². The van der Waals surface area contributed by atoms with Crippen molar-refractivity contribution in [1.29, 1.82) is 0 Å². The Morgan fingerprint density at radius 3 is 2.23 bits per heavy atom. The fourth-order valence-corrected chi connectivity index (χ4v) is 3.08. The molecule has 1 N–H and O–H groups in total. The third-order valence-corrected chi connectivity index (χ3v) is 5.75. The number of alkyl carbamates (subject to hydrolysis) is 1. The Balaban J connectivity index is 1.70. The summed E-state index contributed by atoms with van der Waals surface area (Å²) in [6.07, 6.45) is 1.47. The van der Waals surface area contributed by atoms with Gasteiger partial charge in [-0.05, 0) is 56.4 Å². The van der Waals surface area contributed by atoms with Crippen molar-refractivity contribution in [2.45, 2.75) is 50.4 Å². The average molecular weight is 425 g/mol. The van der Waals surface area contributed by atoms with E-state index in [2.05, 4.69) is 17.9 Å². The normalized spacial score (nSPS) is 17.6. The van der Waals surface area contributed by atoms with E-state index in [0.29, 0.717) is 0 Å². The highest BCUT2D eigenvalue weighted by atomic mass is 32.1. The standard InChI is InChI=1S/C23H28BNO4S/c1-22(2)23(3,4)29-24(28-22)19(14-17-10-12-20(30)13-11-17)15-25-21(26)27-16-18-8-6-5-7-9-18/h5-14,30H,15-16H2,1-4H3,(H,25,26). The Bertz CT molecular complexity index is 881. The van der Waals surface area contributed by atoms with Crippen LogP contribution in [0.2, 0.25) is 0 Å². The summed E-state index contributed by atoms with van der Waals surface area (Å²) in [5.74, 6) is 0. The van der Waals surface area contributed by atoms with Crippen LogP contribution in [0.3, 0.4) is 0 Å². The summed E-state index contributed by atoms with van der Waals surface area (Å²) in [5.41, 5.74) is 1.76. The summed E-state index contributed by atoms with van der Waals surface area (Å²) < 4.78 is 17.7. The summed E-state index contributed by atoms with van der Waals surface area (Å²) in [7, 11) is -0.569. The number of carbonyl (C=O) groups is 1. The molecule has 1 amide bonds. The SMILES string of the molecule is CC1(C)OB(C(=Cc2ccc(S)cc2)CNC(=O)OCc2ccccc2)OC1(C)C. The van der Waals surface area contributed by atoms with Crippen molar-refractivity contribution < 1.29 is 18.8 Å². The van der Waals surface area contributed by atoms with Gasteiger partial charge in [-0.3, -0.25) is 0 Å². The van der Waals surface area contributed by atoms with E-state index in [1.54, 1.807) is 0 Å². The number of rotatable bonds is 6. The Kier molecular flexibility index (Phi) is 6.96. The Morgan fingerprint density at radius 1 is 1.03 bits per heavy atom. The molecule has 0 aliphatic carbocycles. The van der Waals surface area contributed by atoms with Gasteiger partial charge in [0.25, 0.3) is 0 Å². The summed E-state index contributed by atoms with van der Waals surface area (Å²) >= 11 is 4.33. The van der Waals surface area contributed by atoms with Crippen LogP contribution in [0.25, 0.3) is 6.08 Å². The number of carbonyl (C=O) groups excluding carboxylic acids is 1. The fourth-order valence-electron chi connectivity index (χ4n) is 2.93. The molecule has 0 bridgehead atoms. The molecule has 0 radical (unpaired) electrons. The second-order valence-corrected chi connectivity index (χ2v) is 8.83. The van der Waals surface area contributed by atoms with E-state index >= 15 is 0 Å². The van der Waals surface area contributed by atoms with Crippen molar-refractivity contribution in [3.63, 3.8) is 0 Å². The molecule has 1 saturated heterocycles. The van der Waals surface area contributed by atoms with Gasteiger partial charge in [-0.25, -0.2) is 4.79 Å². The van der Waals surface area contributed by atoms with Gasteiger partial charge in [-0.15, -0.1) is 12.6 Å². The molecule has 0 atom stereocenters. The summed E-state index contributed by atoms with van der Waals surface area (Å²) in [4.78, 5) is 13.1. The van der Waals surface area contributed by atoms with Gasteiger partial charge in [0, 0.05) is 11.4 Å². The van der Waals surface area contributed by atoms with E-state index < -0.39 is 24.4 Å². The van der Waals surface area contributed by atoms with E-state index in [1.165, 1.54) is 0 Å². The smallest absolute Gasteiger partial charge is 0.445 e. The minimum atomic E-state index is -0.569. The maximum Gasteiger partial charge on any atom is 0.492 e. The quantitative estimate of drug-likeness (QED) is 0.510. The largest absolute Gasteiger partial charge is 0.492 e. The molecule has 7 heteroatoms. The lowest BCUT2D eigenvalue weighted by molar-refractivity contribution is 0.00578. The lowest BCUT2D eigenvalue weighted by Crippen LogP contribution is -2.41. The molecule has 1 fully saturated rings. The van der Waals surface area contributed by atoms with Gasteiger partial charge in [0.05, 0.1) is 11.2 Å². The van der Waals surface area contributed by atoms with Crippen LogP contribution in [0.4, 0.5) is 4.79 Å². The molecule has 158 valence electrons. The molecule has 1 heterocycles. The van der Waals surface area contributed by atoms with E-state index in [4.69, 9.17) is 14.0 Å². The van der Waals surface area contributed by atoms with Crippen LogP contribution in [-0.2, 0) is 20.7 Å². The average Bonchev–Trinajstić information content (AvgIpc) is 2.93. The highest BCUT2D eigenvalue weighted by Crippen LogP contribution is 2.38. The third-order valence-electron chi connectivity index (χ3n) is 5.45. The number of thiol groups is 1. The van der Waals surface area contributed by atoms with E-state index in [9.17, 15) is 4.79 Å². The number of ether oxygens (including phenoxy) is 1. The van der Waals surface area contributed by atoms with Gasteiger partial charge < -0.3 is 19.4 Å². The summed E-state index contributed by atoms with van der Waals surface area (Å²) in [5, 5.41) is 2.81. The Morgan fingerprint density at radius 2 is 1.63 bits per heavy atom. The molecule has 2 aromatic carbocycles. The van der Waals surface area contributed by atoms with Crippen LogP contribution in [0.1, 0.15) is 38.8 Å². The van der Waals surface area contributed by atoms with E-state index in [0.717, 1.165) is 21.5 Å². The minimum absolute atomic E-state index is 0.214. The van der Waals surface area contributed by atoms with Crippen molar-refractivity contribution in [3.05, 3.63) is 71.2 Å². The van der Waals surface area contributed by atoms with Gasteiger partial charge in [-0.2, -0.15) is 0 Å². The van der Waals surface area contributed by atoms with Crippen LogP contribution in [0, 0.1) is 0 Å². The van der Waals surface area contributed by atoms with Crippen LogP contribution in [0.5, 0.6) is 0 Å². The maximum atomic E-state index is 12.2. The first-order valence-electron chi connectivity index (χ1n) is 9.96. The van der Waals surface area contributed by atoms with Gasteiger partial charge in [0.1, 0.15) is 6.61 Å². The molecular formula is C23H28BNO4S. The second-order valence-electron chi connectivity index (χ2n) is 8.31. The van der Waals surface area contributed by atoms with E-state index in [-0.39, 0.29) is 13.2 Å². The molecule has 1 aliphatic rings. The monoisotopic (exact) mass is 425 g/mol. The second kappa shape index (κ2) is 9.29. The summed E-state index contributed by atoms with van der Waals surface area (Å²) in [6, 6.07) is 17.3. The molecule has 0 aromatic heterocycles. The zero-order valence-electron chi connectivity index (χ0n) is 17.8. The Labute approximate surface area is 184 Å². The van der Waals surface area contributed by atoms with Crippen molar-refractivity contribution >= 4 is 31.9 Å². The molecule has 5 nitrogen and oxygen atoms in total. The summed E-state index contributed by atoms with van der Waals surface area (Å²) in [6.45, 7) is 8.46. The molecule has 0 saturated carbocycles. The van der Waals surface area contributed by atoms with E-state index in [1.807, 2.05) is 88.4 Å². The number of benzene rings is 2. The van der Waals surface area contributed by atoms with Crippen molar-refractivity contribution in [2.75, 3.05) is 6.54 Å². The van der Waals surface area contributed by atoms with Gasteiger partial charge in [0.15, 0.2) is 0 Å². The maximum absolute atomic E-state index is 12.2. The van der Waals surface area contributed by atoms with Gasteiger partial charge >= 0.3 is 13.2 Å². The highest BCUT2D eigenvalue weighted by Gasteiger charge is 2.52. The number of amides is 1. The fraction of sp³-hybridized carbons (Fsp3) is 0.348. The number of hydrogen-bond acceptors (Lipinski definition) is 5. The molecule has 3 rings (SSSR count). The molecule has 2 aromatic rings. The molecule has 30 heavy (non-hydrogen) atoms. The Hall–Kier alpha value is -2.22. The van der Waals surface area contributed by atoms with Crippen molar-refractivity contribution in [1.82, 2.24) is 5.32 Å².